The fourth-order valence-electron chi connectivity index (χ4n) is 1.89. The number of benzene rings is 1. The summed E-state index contributed by atoms with van der Waals surface area (Å²) in [6.45, 7) is 6.62. The molecular weight excluding hydrogens is 251 g/mol. The van der Waals surface area contributed by atoms with Gasteiger partial charge in [-0.3, -0.25) is 0 Å². The van der Waals surface area contributed by atoms with Gasteiger partial charge in [-0.2, -0.15) is 13.2 Å². The predicted molar refractivity (Wildman–Crippen MR) is 72.2 cm³/mol. The third-order valence-corrected chi connectivity index (χ3v) is 3.19. The van der Waals surface area contributed by atoms with Crippen molar-refractivity contribution in [2.75, 3.05) is 6.54 Å². The van der Waals surface area contributed by atoms with Gasteiger partial charge in [-0.15, -0.1) is 0 Å². The molecule has 1 aromatic rings. The number of alkyl halides is 3. The van der Waals surface area contributed by atoms with Crippen molar-refractivity contribution < 1.29 is 13.2 Å². The van der Waals surface area contributed by atoms with Crippen LogP contribution in [0.4, 0.5) is 13.2 Å². The van der Waals surface area contributed by atoms with E-state index in [9.17, 15) is 13.2 Å². The number of hydrogen-bond donors (Lipinski definition) is 1. The summed E-state index contributed by atoms with van der Waals surface area (Å²) >= 11 is 0. The van der Waals surface area contributed by atoms with Crippen molar-refractivity contribution in [3.63, 3.8) is 0 Å². The third kappa shape index (κ3) is 6.10. The van der Waals surface area contributed by atoms with Crippen LogP contribution in [0, 0.1) is 0 Å². The van der Waals surface area contributed by atoms with Crippen LogP contribution in [0.2, 0.25) is 0 Å². The van der Waals surface area contributed by atoms with Crippen LogP contribution in [0.5, 0.6) is 0 Å². The van der Waals surface area contributed by atoms with E-state index in [0.717, 1.165) is 5.56 Å². The maximum atomic E-state index is 12.0. The molecular formula is C15H22F3N. The van der Waals surface area contributed by atoms with Crippen LogP contribution in [-0.2, 0) is 0 Å². The van der Waals surface area contributed by atoms with Gasteiger partial charge < -0.3 is 5.32 Å². The highest BCUT2D eigenvalue weighted by Crippen LogP contribution is 2.21. The molecule has 0 amide bonds. The van der Waals surface area contributed by atoms with Crippen molar-refractivity contribution >= 4 is 0 Å². The second kappa shape index (κ2) is 6.94. The fraction of sp³-hybridized carbons (Fsp3) is 0.600. The van der Waals surface area contributed by atoms with Crippen LogP contribution >= 0.6 is 0 Å². The second-order valence-electron chi connectivity index (χ2n) is 5.22. The molecule has 0 aliphatic rings. The Labute approximate surface area is 113 Å². The van der Waals surface area contributed by atoms with Gasteiger partial charge >= 0.3 is 6.18 Å². The molecule has 0 aliphatic heterocycles. The molecule has 1 nitrogen and oxygen atoms in total. The van der Waals surface area contributed by atoms with Gasteiger partial charge in [-0.1, -0.05) is 38.1 Å². The number of hydrogen-bond acceptors (Lipinski definition) is 1. The number of halogens is 3. The third-order valence-electron chi connectivity index (χ3n) is 3.19. The van der Waals surface area contributed by atoms with Gasteiger partial charge in [0.2, 0.25) is 0 Å². The van der Waals surface area contributed by atoms with Gasteiger partial charge in [0.25, 0.3) is 0 Å². The van der Waals surface area contributed by atoms with Crippen molar-refractivity contribution in [3.8, 4) is 0 Å². The van der Waals surface area contributed by atoms with Crippen molar-refractivity contribution in [1.29, 1.82) is 0 Å². The minimum absolute atomic E-state index is 0.0782. The summed E-state index contributed by atoms with van der Waals surface area (Å²) in [6.07, 6.45) is -4.65. The van der Waals surface area contributed by atoms with E-state index in [1.165, 1.54) is 5.56 Å². The van der Waals surface area contributed by atoms with Crippen molar-refractivity contribution in [1.82, 2.24) is 5.32 Å². The lowest BCUT2D eigenvalue weighted by atomic mass is 9.99. The average molecular weight is 273 g/mol. The first kappa shape index (κ1) is 16.0. The van der Waals surface area contributed by atoms with Crippen molar-refractivity contribution in [2.24, 2.45) is 0 Å². The summed E-state index contributed by atoms with van der Waals surface area (Å²) in [5, 5.41) is 3.12. The van der Waals surface area contributed by atoms with E-state index < -0.39 is 12.6 Å². The van der Waals surface area contributed by atoms with Gasteiger partial charge in [-0.25, -0.2) is 0 Å². The summed E-state index contributed by atoms with van der Waals surface area (Å²) in [4.78, 5) is 0. The highest BCUT2D eigenvalue weighted by molar-refractivity contribution is 5.26. The first-order valence-corrected chi connectivity index (χ1v) is 6.69. The lowest BCUT2D eigenvalue weighted by Gasteiger charge is -2.16. The molecule has 1 rings (SSSR count). The minimum atomic E-state index is -4.05. The zero-order valence-electron chi connectivity index (χ0n) is 11.7. The normalized spacial score (nSPS) is 13.8. The Balaban J connectivity index is 2.39. The standard InChI is InChI=1S/C15H22F3N/c1-11(2)13-5-7-14(8-6-13)12(3)19-10-4-9-15(16,17)18/h5-8,11-12,19H,4,9-10H2,1-3H3. The van der Waals surface area contributed by atoms with Gasteiger partial charge in [-0.05, 0) is 36.9 Å². The summed E-state index contributed by atoms with van der Waals surface area (Å²) in [6, 6.07) is 8.31. The zero-order valence-corrected chi connectivity index (χ0v) is 11.7. The highest BCUT2D eigenvalue weighted by Gasteiger charge is 2.25. The molecule has 0 aliphatic carbocycles. The van der Waals surface area contributed by atoms with E-state index in [2.05, 4.69) is 31.3 Å². The molecule has 1 N–H and O–H groups in total. The summed E-state index contributed by atoms with van der Waals surface area (Å²) in [5.74, 6) is 0.490. The van der Waals surface area contributed by atoms with Crippen molar-refractivity contribution in [3.05, 3.63) is 35.4 Å². The number of nitrogens with one attached hydrogen (secondary N) is 1. The van der Waals surface area contributed by atoms with Gasteiger partial charge in [0.15, 0.2) is 0 Å². The minimum Gasteiger partial charge on any atom is -0.310 e. The maximum absolute atomic E-state index is 12.0. The highest BCUT2D eigenvalue weighted by atomic mass is 19.4. The molecule has 4 heteroatoms. The molecule has 19 heavy (non-hydrogen) atoms. The average Bonchev–Trinajstić information content (AvgIpc) is 2.33. The lowest BCUT2D eigenvalue weighted by molar-refractivity contribution is -0.135. The summed E-state index contributed by atoms with van der Waals surface area (Å²) in [5.41, 5.74) is 2.38. The van der Waals surface area contributed by atoms with E-state index >= 15 is 0 Å². The number of rotatable bonds is 6. The van der Waals surface area contributed by atoms with Crippen LogP contribution in [0.15, 0.2) is 24.3 Å². The van der Waals surface area contributed by atoms with E-state index in [-0.39, 0.29) is 12.5 Å². The molecule has 0 bridgehead atoms. The Morgan fingerprint density at radius 2 is 1.53 bits per heavy atom. The fourth-order valence-corrected chi connectivity index (χ4v) is 1.89. The molecule has 108 valence electrons. The molecule has 0 fully saturated rings. The quantitative estimate of drug-likeness (QED) is 0.734. The van der Waals surface area contributed by atoms with Gasteiger partial charge in [0.05, 0.1) is 0 Å². The van der Waals surface area contributed by atoms with E-state index in [1.807, 2.05) is 19.1 Å². The Kier molecular flexibility index (Phi) is 5.85. The zero-order chi connectivity index (χ0) is 14.5. The first-order chi connectivity index (χ1) is 8.79. The second-order valence-corrected chi connectivity index (χ2v) is 5.22. The van der Waals surface area contributed by atoms with Gasteiger partial charge in [0, 0.05) is 12.5 Å². The molecule has 1 unspecified atom stereocenters. The smallest absolute Gasteiger partial charge is 0.310 e. The van der Waals surface area contributed by atoms with Crippen LogP contribution in [0.1, 0.15) is 56.7 Å². The molecule has 0 spiro atoms. The molecule has 0 radical (unpaired) electrons. The van der Waals surface area contributed by atoms with E-state index in [4.69, 9.17) is 0 Å². The van der Waals surface area contributed by atoms with E-state index in [1.54, 1.807) is 0 Å². The lowest BCUT2D eigenvalue weighted by Crippen LogP contribution is -2.21. The van der Waals surface area contributed by atoms with Gasteiger partial charge in [0.1, 0.15) is 0 Å². The Morgan fingerprint density at radius 3 is 2.00 bits per heavy atom. The SMILES string of the molecule is CC(C)c1ccc(C(C)NCCCC(F)(F)F)cc1. The largest absolute Gasteiger partial charge is 0.389 e. The summed E-state index contributed by atoms with van der Waals surface area (Å²) in [7, 11) is 0. The van der Waals surface area contributed by atoms with Crippen LogP contribution in [0.3, 0.4) is 0 Å². The van der Waals surface area contributed by atoms with Crippen LogP contribution in [-0.4, -0.2) is 12.7 Å². The van der Waals surface area contributed by atoms with Crippen LogP contribution < -0.4 is 5.32 Å². The maximum Gasteiger partial charge on any atom is 0.389 e. The Morgan fingerprint density at radius 1 is 1.00 bits per heavy atom. The topological polar surface area (TPSA) is 12.0 Å². The predicted octanol–water partition coefficient (Wildman–Crippen LogP) is 4.80. The Hall–Kier alpha value is -1.03. The molecule has 0 aromatic heterocycles. The van der Waals surface area contributed by atoms with Crippen molar-refractivity contribution in [2.45, 2.75) is 51.7 Å². The Bertz CT molecular complexity index is 368. The molecule has 0 saturated heterocycles. The van der Waals surface area contributed by atoms with Crippen LogP contribution in [0.25, 0.3) is 0 Å². The first-order valence-electron chi connectivity index (χ1n) is 6.69. The molecule has 0 saturated carbocycles. The molecule has 0 heterocycles. The molecule has 1 aromatic carbocycles. The molecule has 1 atom stereocenters. The monoisotopic (exact) mass is 273 g/mol. The summed E-state index contributed by atoms with van der Waals surface area (Å²) < 4.78 is 36.0. The van der Waals surface area contributed by atoms with E-state index in [0.29, 0.717) is 12.5 Å².